The summed E-state index contributed by atoms with van der Waals surface area (Å²) in [5, 5.41) is 0. The fourth-order valence-corrected chi connectivity index (χ4v) is 3.56. The lowest BCUT2D eigenvalue weighted by Gasteiger charge is -2.31. The minimum atomic E-state index is 0.0532. The van der Waals surface area contributed by atoms with Crippen LogP contribution in [0, 0.1) is 5.92 Å². The highest BCUT2D eigenvalue weighted by atomic mass is 16.3. The summed E-state index contributed by atoms with van der Waals surface area (Å²) in [6, 6.07) is 13.9. The van der Waals surface area contributed by atoms with Gasteiger partial charge in [-0.2, -0.15) is 0 Å². The molecule has 0 bridgehead atoms. The Labute approximate surface area is 158 Å². The zero-order chi connectivity index (χ0) is 18.5. The molecule has 3 heterocycles. The van der Waals surface area contributed by atoms with E-state index in [9.17, 15) is 4.79 Å². The average Bonchev–Trinajstić information content (AvgIpc) is 3.39. The van der Waals surface area contributed by atoms with Crippen LogP contribution in [-0.4, -0.2) is 33.4 Å². The predicted molar refractivity (Wildman–Crippen MR) is 105 cm³/mol. The zero-order valence-corrected chi connectivity index (χ0v) is 15.2. The quantitative estimate of drug-likeness (QED) is 0.643. The molecule has 0 radical (unpaired) electrons. The van der Waals surface area contributed by atoms with Crippen molar-refractivity contribution in [2.45, 2.75) is 19.4 Å². The van der Waals surface area contributed by atoms with E-state index in [0.717, 1.165) is 43.9 Å². The SMILES string of the molecule is O=C(/C=C/c1ccco1)N1CCC(Cn2ccnc2-c2ccccc2)CC1. The predicted octanol–water partition coefficient (Wildman–Crippen LogP) is 4.10. The number of furan rings is 1. The van der Waals surface area contributed by atoms with Gasteiger partial charge in [0, 0.05) is 43.7 Å². The van der Waals surface area contributed by atoms with Crippen molar-refractivity contribution in [3.05, 3.63) is 73.0 Å². The second kappa shape index (κ2) is 8.08. The van der Waals surface area contributed by atoms with Crippen molar-refractivity contribution >= 4 is 12.0 Å². The normalized spacial score (nSPS) is 15.5. The summed E-state index contributed by atoms with van der Waals surface area (Å²) >= 11 is 0. The van der Waals surface area contributed by atoms with Crippen LogP contribution < -0.4 is 0 Å². The van der Waals surface area contributed by atoms with Gasteiger partial charge in [-0.25, -0.2) is 4.98 Å². The number of hydrogen-bond acceptors (Lipinski definition) is 3. The van der Waals surface area contributed by atoms with Crippen LogP contribution in [-0.2, 0) is 11.3 Å². The van der Waals surface area contributed by atoms with Crippen LogP contribution in [0.25, 0.3) is 17.5 Å². The van der Waals surface area contributed by atoms with E-state index in [-0.39, 0.29) is 5.91 Å². The Bertz CT molecular complexity index is 889. The lowest BCUT2D eigenvalue weighted by Crippen LogP contribution is -2.38. The molecular formula is C22H23N3O2. The van der Waals surface area contributed by atoms with Gasteiger partial charge < -0.3 is 13.9 Å². The number of carbonyl (C=O) groups is 1. The lowest BCUT2D eigenvalue weighted by molar-refractivity contribution is -0.127. The fourth-order valence-electron chi connectivity index (χ4n) is 3.56. The van der Waals surface area contributed by atoms with E-state index in [1.807, 2.05) is 47.6 Å². The highest BCUT2D eigenvalue weighted by Crippen LogP contribution is 2.23. The molecule has 0 N–H and O–H groups in total. The largest absolute Gasteiger partial charge is 0.465 e. The number of benzene rings is 1. The Morgan fingerprint density at radius 1 is 1.15 bits per heavy atom. The number of likely N-dealkylation sites (tertiary alicyclic amines) is 1. The van der Waals surface area contributed by atoms with Gasteiger partial charge in [0.2, 0.25) is 5.91 Å². The molecule has 5 nitrogen and oxygen atoms in total. The molecule has 0 aliphatic carbocycles. The lowest BCUT2D eigenvalue weighted by atomic mass is 9.96. The van der Waals surface area contributed by atoms with Crippen molar-refractivity contribution < 1.29 is 9.21 Å². The maximum absolute atomic E-state index is 12.3. The minimum absolute atomic E-state index is 0.0532. The second-order valence-corrected chi connectivity index (χ2v) is 6.89. The monoisotopic (exact) mass is 361 g/mol. The Balaban J connectivity index is 1.33. The third-order valence-corrected chi connectivity index (χ3v) is 5.06. The number of nitrogens with zero attached hydrogens (tertiary/aromatic N) is 3. The van der Waals surface area contributed by atoms with Crippen molar-refractivity contribution in [1.29, 1.82) is 0 Å². The van der Waals surface area contributed by atoms with Gasteiger partial charge in [-0.1, -0.05) is 30.3 Å². The van der Waals surface area contributed by atoms with Gasteiger partial charge in [0.1, 0.15) is 11.6 Å². The summed E-state index contributed by atoms with van der Waals surface area (Å²) in [7, 11) is 0. The van der Waals surface area contributed by atoms with E-state index < -0.39 is 0 Å². The van der Waals surface area contributed by atoms with Crippen LogP contribution >= 0.6 is 0 Å². The Morgan fingerprint density at radius 2 is 1.96 bits per heavy atom. The first-order valence-electron chi connectivity index (χ1n) is 9.36. The molecule has 1 aromatic carbocycles. The number of imidazole rings is 1. The van der Waals surface area contributed by atoms with E-state index in [1.54, 1.807) is 18.4 Å². The van der Waals surface area contributed by atoms with Gasteiger partial charge in [-0.05, 0) is 37.0 Å². The van der Waals surface area contributed by atoms with Crippen LogP contribution in [0.1, 0.15) is 18.6 Å². The van der Waals surface area contributed by atoms with Gasteiger partial charge in [0.05, 0.1) is 6.26 Å². The maximum atomic E-state index is 12.3. The van der Waals surface area contributed by atoms with Gasteiger partial charge >= 0.3 is 0 Å². The van der Waals surface area contributed by atoms with E-state index >= 15 is 0 Å². The van der Waals surface area contributed by atoms with E-state index in [4.69, 9.17) is 4.42 Å². The molecule has 3 aromatic rings. The van der Waals surface area contributed by atoms with E-state index in [1.165, 1.54) is 0 Å². The van der Waals surface area contributed by atoms with Gasteiger partial charge in [-0.15, -0.1) is 0 Å². The molecule has 0 spiro atoms. The number of rotatable bonds is 5. The number of hydrogen-bond donors (Lipinski definition) is 0. The maximum Gasteiger partial charge on any atom is 0.246 e. The van der Waals surface area contributed by atoms with Gasteiger partial charge in [-0.3, -0.25) is 4.79 Å². The van der Waals surface area contributed by atoms with Crippen molar-refractivity contribution in [2.24, 2.45) is 5.92 Å². The van der Waals surface area contributed by atoms with Gasteiger partial charge in [0.25, 0.3) is 0 Å². The van der Waals surface area contributed by atoms with E-state index in [2.05, 4.69) is 21.7 Å². The molecule has 2 aromatic heterocycles. The molecule has 0 saturated carbocycles. The summed E-state index contributed by atoms with van der Waals surface area (Å²) in [4.78, 5) is 18.8. The Kier molecular flexibility index (Phi) is 5.19. The number of piperidine rings is 1. The van der Waals surface area contributed by atoms with Crippen LogP contribution in [0.4, 0.5) is 0 Å². The highest BCUT2D eigenvalue weighted by molar-refractivity contribution is 5.91. The van der Waals surface area contributed by atoms with Crippen molar-refractivity contribution in [3.8, 4) is 11.4 Å². The third kappa shape index (κ3) is 4.19. The molecule has 4 rings (SSSR count). The van der Waals surface area contributed by atoms with Crippen molar-refractivity contribution in [1.82, 2.24) is 14.5 Å². The average molecular weight is 361 g/mol. The molecule has 138 valence electrons. The first-order chi connectivity index (χ1) is 13.3. The van der Waals surface area contributed by atoms with Crippen LogP contribution in [0.15, 0.2) is 71.6 Å². The first-order valence-corrected chi connectivity index (χ1v) is 9.36. The Hall–Kier alpha value is -3.08. The number of amides is 1. The Morgan fingerprint density at radius 3 is 2.70 bits per heavy atom. The molecule has 1 fully saturated rings. The zero-order valence-electron chi connectivity index (χ0n) is 15.2. The standard InChI is InChI=1S/C22H23N3O2/c26-21(9-8-20-7-4-16-27-20)24-13-10-18(11-14-24)17-25-15-12-23-22(25)19-5-2-1-3-6-19/h1-9,12,15-16,18H,10-11,13-14,17H2/b9-8+. The summed E-state index contributed by atoms with van der Waals surface area (Å²) in [6.45, 7) is 2.53. The summed E-state index contributed by atoms with van der Waals surface area (Å²) < 4.78 is 7.46. The number of aromatic nitrogens is 2. The minimum Gasteiger partial charge on any atom is -0.465 e. The molecule has 1 amide bonds. The van der Waals surface area contributed by atoms with Crippen LogP contribution in [0.5, 0.6) is 0 Å². The van der Waals surface area contributed by atoms with Crippen LogP contribution in [0.3, 0.4) is 0 Å². The molecule has 1 saturated heterocycles. The fraction of sp³-hybridized carbons (Fsp3) is 0.273. The summed E-state index contributed by atoms with van der Waals surface area (Å²) in [5.74, 6) is 2.32. The molecule has 5 heteroatoms. The molecule has 0 atom stereocenters. The number of carbonyl (C=O) groups excluding carboxylic acids is 1. The smallest absolute Gasteiger partial charge is 0.246 e. The molecule has 1 aliphatic rings. The van der Waals surface area contributed by atoms with Crippen molar-refractivity contribution in [3.63, 3.8) is 0 Å². The molecule has 1 aliphatic heterocycles. The summed E-state index contributed by atoms with van der Waals surface area (Å²) in [6.07, 6.45) is 10.9. The highest BCUT2D eigenvalue weighted by Gasteiger charge is 2.22. The molecule has 27 heavy (non-hydrogen) atoms. The van der Waals surface area contributed by atoms with E-state index in [0.29, 0.717) is 11.7 Å². The molecule has 0 unspecified atom stereocenters. The summed E-state index contributed by atoms with van der Waals surface area (Å²) in [5.41, 5.74) is 1.14. The van der Waals surface area contributed by atoms with Crippen molar-refractivity contribution in [2.75, 3.05) is 13.1 Å². The second-order valence-electron chi connectivity index (χ2n) is 6.89. The first kappa shape index (κ1) is 17.3. The third-order valence-electron chi connectivity index (χ3n) is 5.06. The van der Waals surface area contributed by atoms with Crippen LogP contribution in [0.2, 0.25) is 0 Å². The topological polar surface area (TPSA) is 51.3 Å². The van der Waals surface area contributed by atoms with Gasteiger partial charge in [0.15, 0.2) is 0 Å². The molecular weight excluding hydrogens is 338 g/mol.